The molecular formula is C14H29N3OSi. The molecule has 0 amide bonds. The van der Waals surface area contributed by atoms with Gasteiger partial charge in [0.1, 0.15) is 5.82 Å². The third-order valence-electron chi connectivity index (χ3n) is 4.11. The van der Waals surface area contributed by atoms with Crippen LogP contribution in [-0.2, 0) is 11.0 Å². The first-order chi connectivity index (χ1) is 8.82. The maximum Gasteiger partial charge on any atom is 0.200 e. The average Bonchev–Trinajstić information content (AvgIpc) is 2.69. The molecule has 19 heavy (non-hydrogen) atoms. The largest absolute Gasteiger partial charge is 0.414 e. The van der Waals surface area contributed by atoms with E-state index in [4.69, 9.17) is 10.2 Å². The van der Waals surface area contributed by atoms with Gasteiger partial charge >= 0.3 is 0 Å². The summed E-state index contributed by atoms with van der Waals surface area (Å²) in [5.41, 5.74) is 7.67. The minimum absolute atomic E-state index is 0.613. The lowest BCUT2D eigenvalue weighted by Crippen LogP contribution is -2.48. The van der Waals surface area contributed by atoms with E-state index in [0.29, 0.717) is 29.0 Å². The smallest absolute Gasteiger partial charge is 0.200 e. The number of rotatable bonds is 7. The average molecular weight is 283 g/mol. The summed E-state index contributed by atoms with van der Waals surface area (Å²) in [5.74, 6) is 0.703. The second-order valence-electron chi connectivity index (χ2n) is 6.15. The van der Waals surface area contributed by atoms with E-state index in [1.165, 1.54) is 0 Å². The molecule has 0 atom stereocenters. The molecule has 0 aliphatic rings. The standard InChI is InChI=1S/C14H29N3OSi/c1-11(2)19(12(3)4,13(5)6)18-10-9-17-14(15)7-8-16-17/h7-8,11-13H,9-10,15H2,1-6H3. The van der Waals surface area contributed by atoms with Crippen molar-refractivity contribution in [2.75, 3.05) is 12.3 Å². The number of aromatic nitrogens is 2. The van der Waals surface area contributed by atoms with E-state index in [2.05, 4.69) is 46.6 Å². The summed E-state index contributed by atoms with van der Waals surface area (Å²) < 4.78 is 8.27. The van der Waals surface area contributed by atoms with E-state index in [0.717, 1.165) is 6.54 Å². The van der Waals surface area contributed by atoms with Gasteiger partial charge in [-0.15, -0.1) is 0 Å². The van der Waals surface area contributed by atoms with Crippen LogP contribution in [0, 0.1) is 0 Å². The Hall–Kier alpha value is -0.813. The summed E-state index contributed by atoms with van der Waals surface area (Å²) in [6.07, 6.45) is 1.73. The second-order valence-corrected chi connectivity index (χ2v) is 11.6. The molecule has 0 aromatic carbocycles. The Morgan fingerprint density at radius 3 is 2.05 bits per heavy atom. The molecular weight excluding hydrogens is 254 g/mol. The van der Waals surface area contributed by atoms with Gasteiger partial charge in [-0.25, -0.2) is 4.68 Å². The van der Waals surface area contributed by atoms with Crippen molar-refractivity contribution < 1.29 is 4.43 Å². The fraction of sp³-hybridized carbons (Fsp3) is 0.786. The van der Waals surface area contributed by atoms with E-state index in [9.17, 15) is 0 Å². The maximum absolute atomic E-state index is 6.46. The third-order valence-corrected chi connectivity index (χ3v) is 10.2. The molecule has 1 heterocycles. The molecule has 1 aromatic rings. The van der Waals surface area contributed by atoms with Crippen molar-refractivity contribution in [1.29, 1.82) is 0 Å². The van der Waals surface area contributed by atoms with Crippen LogP contribution >= 0.6 is 0 Å². The summed E-state index contributed by atoms with van der Waals surface area (Å²) in [6, 6.07) is 1.82. The minimum atomic E-state index is -1.76. The highest BCUT2D eigenvalue weighted by atomic mass is 28.4. The Labute approximate surface area is 118 Å². The fourth-order valence-corrected chi connectivity index (χ4v) is 8.78. The van der Waals surface area contributed by atoms with Crippen molar-refractivity contribution >= 4 is 14.1 Å². The molecule has 0 saturated heterocycles. The highest BCUT2D eigenvalue weighted by Gasteiger charge is 2.44. The number of nitrogen functional groups attached to an aromatic ring is 1. The molecule has 0 radical (unpaired) electrons. The number of hydrogen-bond acceptors (Lipinski definition) is 3. The van der Waals surface area contributed by atoms with Crippen molar-refractivity contribution in [3.05, 3.63) is 12.3 Å². The molecule has 5 heteroatoms. The lowest BCUT2D eigenvalue weighted by atomic mass is 10.5. The highest BCUT2D eigenvalue weighted by Crippen LogP contribution is 2.42. The first-order valence-electron chi connectivity index (χ1n) is 7.23. The maximum atomic E-state index is 6.46. The molecule has 0 unspecified atom stereocenters. The Morgan fingerprint density at radius 1 is 1.16 bits per heavy atom. The fourth-order valence-electron chi connectivity index (χ4n) is 3.34. The van der Waals surface area contributed by atoms with Crippen molar-refractivity contribution in [2.24, 2.45) is 0 Å². The van der Waals surface area contributed by atoms with E-state index in [1.54, 1.807) is 10.9 Å². The van der Waals surface area contributed by atoms with Gasteiger partial charge in [-0.3, -0.25) is 0 Å². The molecule has 1 rings (SSSR count). The quantitative estimate of drug-likeness (QED) is 0.777. The van der Waals surface area contributed by atoms with Gasteiger partial charge in [0.25, 0.3) is 0 Å². The minimum Gasteiger partial charge on any atom is -0.414 e. The van der Waals surface area contributed by atoms with Gasteiger partial charge < -0.3 is 10.2 Å². The number of nitrogens with two attached hydrogens (primary N) is 1. The number of anilines is 1. The van der Waals surface area contributed by atoms with Gasteiger partial charge in [0.2, 0.25) is 0 Å². The Bertz CT molecular complexity index is 366. The van der Waals surface area contributed by atoms with Gasteiger partial charge in [-0.05, 0) is 22.7 Å². The molecule has 1 aromatic heterocycles. The zero-order valence-corrected chi connectivity index (χ0v) is 14.2. The molecule has 0 aliphatic carbocycles. The van der Waals surface area contributed by atoms with Gasteiger partial charge in [0, 0.05) is 0 Å². The number of nitrogens with zero attached hydrogens (tertiary/aromatic N) is 2. The molecule has 0 saturated carbocycles. The van der Waals surface area contributed by atoms with Crippen molar-refractivity contribution in [1.82, 2.24) is 9.78 Å². The first-order valence-corrected chi connectivity index (χ1v) is 9.37. The SMILES string of the molecule is CC(C)[Si](OCCn1nccc1N)(C(C)C)C(C)C. The van der Waals surface area contributed by atoms with Crippen LogP contribution in [0.2, 0.25) is 16.6 Å². The molecule has 2 N–H and O–H groups in total. The van der Waals surface area contributed by atoms with Crippen LogP contribution in [0.3, 0.4) is 0 Å². The summed E-state index contributed by atoms with van der Waals surface area (Å²) in [6.45, 7) is 15.2. The van der Waals surface area contributed by atoms with Crippen LogP contribution in [0.25, 0.3) is 0 Å². The van der Waals surface area contributed by atoms with Crippen LogP contribution in [0.5, 0.6) is 0 Å². The summed E-state index contributed by atoms with van der Waals surface area (Å²) in [4.78, 5) is 0. The normalized spacial score (nSPS) is 12.9. The lowest BCUT2D eigenvalue weighted by molar-refractivity contribution is 0.258. The van der Waals surface area contributed by atoms with E-state index >= 15 is 0 Å². The van der Waals surface area contributed by atoms with Gasteiger partial charge in [-0.1, -0.05) is 41.5 Å². The number of hydrogen-bond donors (Lipinski definition) is 1. The van der Waals surface area contributed by atoms with Crippen LogP contribution in [0.1, 0.15) is 41.5 Å². The molecule has 4 nitrogen and oxygen atoms in total. The zero-order chi connectivity index (χ0) is 14.6. The van der Waals surface area contributed by atoms with Crippen molar-refractivity contribution in [3.63, 3.8) is 0 Å². The third kappa shape index (κ3) is 3.39. The van der Waals surface area contributed by atoms with Crippen LogP contribution < -0.4 is 5.73 Å². The van der Waals surface area contributed by atoms with Gasteiger partial charge in [0.15, 0.2) is 8.32 Å². The van der Waals surface area contributed by atoms with Gasteiger partial charge in [-0.2, -0.15) is 5.10 Å². The topological polar surface area (TPSA) is 53.1 Å². The monoisotopic (exact) mass is 283 g/mol. The van der Waals surface area contributed by atoms with E-state index < -0.39 is 8.32 Å². The highest BCUT2D eigenvalue weighted by molar-refractivity contribution is 6.77. The zero-order valence-electron chi connectivity index (χ0n) is 13.2. The predicted molar refractivity (Wildman–Crippen MR) is 83.6 cm³/mol. The summed E-state index contributed by atoms with van der Waals surface area (Å²) in [7, 11) is -1.76. The van der Waals surface area contributed by atoms with E-state index in [-0.39, 0.29) is 0 Å². The predicted octanol–water partition coefficient (Wildman–Crippen LogP) is 3.66. The first kappa shape index (κ1) is 16.2. The molecule has 0 fully saturated rings. The van der Waals surface area contributed by atoms with Crippen LogP contribution in [0.4, 0.5) is 5.82 Å². The molecule has 110 valence electrons. The van der Waals surface area contributed by atoms with Crippen molar-refractivity contribution in [2.45, 2.75) is 64.7 Å². The van der Waals surface area contributed by atoms with Crippen LogP contribution in [0.15, 0.2) is 12.3 Å². The summed E-state index contributed by atoms with van der Waals surface area (Å²) in [5, 5.41) is 4.20. The Balaban J connectivity index is 2.71. The van der Waals surface area contributed by atoms with Crippen LogP contribution in [-0.4, -0.2) is 24.7 Å². The van der Waals surface area contributed by atoms with Gasteiger partial charge in [0.05, 0.1) is 19.3 Å². The molecule has 0 spiro atoms. The second kappa shape index (κ2) is 6.57. The Morgan fingerprint density at radius 2 is 1.68 bits per heavy atom. The lowest BCUT2D eigenvalue weighted by Gasteiger charge is -2.42. The molecule has 0 aliphatic heterocycles. The van der Waals surface area contributed by atoms with Crippen molar-refractivity contribution in [3.8, 4) is 0 Å². The van der Waals surface area contributed by atoms with E-state index in [1.807, 2.05) is 6.07 Å². The Kier molecular flexibility index (Phi) is 5.61. The summed E-state index contributed by atoms with van der Waals surface area (Å²) >= 11 is 0. The molecule has 0 bridgehead atoms.